The zero-order chi connectivity index (χ0) is 28.0. The molecule has 0 aliphatic carbocycles. The van der Waals surface area contributed by atoms with Gasteiger partial charge in [0.2, 0.25) is 21.8 Å². The van der Waals surface area contributed by atoms with Crippen LogP contribution in [0.5, 0.6) is 0 Å². The fourth-order valence-corrected chi connectivity index (χ4v) is 5.23. The van der Waals surface area contributed by atoms with Crippen molar-refractivity contribution in [1.29, 1.82) is 0 Å². The Bertz CT molecular complexity index is 1200. The van der Waals surface area contributed by atoms with E-state index in [2.05, 4.69) is 5.32 Å². The predicted octanol–water partition coefficient (Wildman–Crippen LogP) is 5.92. The minimum atomic E-state index is -3.59. The molecule has 0 saturated carbocycles. The summed E-state index contributed by atoms with van der Waals surface area (Å²) in [6.07, 6.45) is 1.81. The van der Waals surface area contributed by atoms with Crippen molar-refractivity contribution in [2.75, 3.05) is 17.1 Å². The summed E-state index contributed by atoms with van der Waals surface area (Å²) in [5.41, 5.74) is 0.712. The second-order valence-electron chi connectivity index (χ2n) is 9.85. The van der Waals surface area contributed by atoms with E-state index in [1.807, 2.05) is 27.7 Å². The van der Waals surface area contributed by atoms with E-state index >= 15 is 0 Å². The highest BCUT2D eigenvalue weighted by molar-refractivity contribution is 7.92. The second-order valence-corrected chi connectivity index (χ2v) is 13.0. The molecule has 0 spiro atoms. The molecule has 2 rings (SSSR count). The first-order valence-corrected chi connectivity index (χ1v) is 14.9. The van der Waals surface area contributed by atoms with Crippen molar-refractivity contribution in [1.82, 2.24) is 10.2 Å². The largest absolute Gasteiger partial charge is 0.350 e. The molecule has 7 nitrogen and oxygen atoms in total. The zero-order valence-electron chi connectivity index (χ0n) is 21.7. The monoisotopic (exact) mass is 589 g/mol. The van der Waals surface area contributed by atoms with Crippen LogP contribution < -0.4 is 9.62 Å². The fourth-order valence-electron chi connectivity index (χ4n) is 3.82. The molecule has 0 aliphatic rings. The van der Waals surface area contributed by atoms with Gasteiger partial charge in [-0.2, -0.15) is 0 Å². The number of halogens is 3. The third kappa shape index (κ3) is 9.67. The quantitative estimate of drug-likeness (QED) is 0.352. The van der Waals surface area contributed by atoms with Crippen LogP contribution in [0.15, 0.2) is 42.5 Å². The topological polar surface area (TPSA) is 86.8 Å². The summed E-state index contributed by atoms with van der Waals surface area (Å²) in [4.78, 5) is 28.1. The van der Waals surface area contributed by atoms with Crippen molar-refractivity contribution in [2.24, 2.45) is 0 Å². The Morgan fingerprint density at radius 1 is 1.00 bits per heavy atom. The molecule has 0 bridgehead atoms. The lowest BCUT2D eigenvalue weighted by molar-refractivity contribution is -0.142. The maximum absolute atomic E-state index is 13.5. The SMILES string of the molecule is CCC(C(=O)NC(C)(C)C)N(Cc1ccc(Cl)c(Cl)c1)C(=O)CCCN(c1ccc(Cl)cc1)S(C)(=O)=O. The van der Waals surface area contributed by atoms with E-state index in [0.29, 0.717) is 27.2 Å². The number of anilines is 1. The number of benzene rings is 2. The van der Waals surface area contributed by atoms with Gasteiger partial charge in [-0.15, -0.1) is 0 Å². The number of rotatable bonds is 11. The molecule has 0 heterocycles. The van der Waals surface area contributed by atoms with Gasteiger partial charge in [-0.3, -0.25) is 13.9 Å². The van der Waals surface area contributed by atoms with Crippen LogP contribution in [0, 0.1) is 0 Å². The molecule has 0 saturated heterocycles. The molecule has 2 aromatic carbocycles. The summed E-state index contributed by atoms with van der Waals surface area (Å²) < 4.78 is 26.1. The first-order chi connectivity index (χ1) is 17.1. The van der Waals surface area contributed by atoms with Crippen LogP contribution in [0.3, 0.4) is 0 Å². The van der Waals surface area contributed by atoms with Gasteiger partial charge >= 0.3 is 0 Å². The Morgan fingerprint density at radius 3 is 2.14 bits per heavy atom. The lowest BCUT2D eigenvalue weighted by Gasteiger charge is -2.33. The van der Waals surface area contributed by atoms with Gasteiger partial charge in [0.15, 0.2) is 0 Å². The average molecular weight is 591 g/mol. The minimum absolute atomic E-state index is 0.0419. The lowest BCUT2D eigenvalue weighted by atomic mass is 10.0. The first-order valence-electron chi connectivity index (χ1n) is 11.9. The van der Waals surface area contributed by atoms with Gasteiger partial charge in [-0.1, -0.05) is 47.8 Å². The van der Waals surface area contributed by atoms with E-state index in [1.54, 1.807) is 42.5 Å². The standard InChI is InChI=1S/C26H34Cl3N3O4S/c1-6-23(25(34)30-26(2,3)4)31(17-18-9-14-21(28)22(29)16-18)24(33)8-7-15-32(37(5,35)36)20-12-10-19(27)11-13-20/h9-14,16,23H,6-8,15,17H2,1-5H3,(H,30,34). The smallest absolute Gasteiger partial charge is 0.243 e. The normalized spacial score (nSPS) is 12.6. The number of hydrogen-bond donors (Lipinski definition) is 1. The molecule has 1 unspecified atom stereocenters. The number of nitrogens with one attached hydrogen (secondary N) is 1. The summed E-state index contributed by atoms with van der Waals surface area (Å²) in [5, 5.41) is 4.19. The van der Waals surface area contributed by atoms with Crippen LogP contribution in [0.4, 0.5) is 5.69 Å². The van der Waals surface area contributed by atoms with E-state index in [0.717, 1.165) is 11.8 Å². The van der Waals surface area contributed by atoms with E-state index in [9.17, 15) is 18.0 Å². The maximum atomic E-state index is 13.5. The molecule has 0 fully saturated rings. The van der Waals surface area contributed by atoms with Crippen LogP contribution in [-0.2, 0) is 26.2 Å². The summed E-state index contributed by atoms with van der Waals surface area (Å²) >= 11 is 18.2. The third-order valence-corrected chi connectivity index (χ3v) is 7.67. The highest BCUT2D eigenvalue weighted by Gasteiger charge is 2.31. The van der Waals surface area contributed by atoms with Gasteiger partial charge in [0.05, 0.1) is 22.0 Å². The number of sulfonamides is 1. The molecule has 0 aliphatic heterocycles. The Kier molecular flexibility index (Phi) is 11.1. The van der Waals surface area contributed by atoms with Crippen LogP contribution in [0.2, 0.25) is 15.1 Å². The van der Waals surface area contributed by atoms with Crippen LogP contribution >= 0.6 is 34.8 Å². The van der Waals surface area contributed by atoms with Crippen molar-refractivity contribution in [3.05, 3.63) is 63.1 Å². The molecule has 0 aromatic heterocycles. The van der Waals surface area contributed by atoms with Crippen LogP contribution in [0.1, 0.15) is 52.5 Å². The molecule has 1 N–H and O–H groups in total. The molecule has 37 heavy (non-hydrogen) atoms. The molecule has 1 atom stereocenters. The average Bonchev–Trinajstić information content (AvgIpc) is 2.77. The van der Waals surface area contributed by atoms with Crippen LogP contribution in [0.25, 0.3) is 0 Å². The Labute approximate surface area is 235 Å². The van der Waals surface area contributed by atoms with Crippen molar-refractivity contribution in [2.45, 2.75) is 65.1 Å². The predicted molar refractivity (Wildman–Crippen MR) is 152 cm³/mol. The van der Waals surface area contributed by atoms with Crippen molar-refractivity contribution >= 4 is 62.3 Å². The van der Waals surface area contributed by atoms with Gasteiger partial charge < -0.3 is 10.2 Å². The lowest BCUT2D eigenvalue weighted by Crippen LogP contribution is -2.53. The molecule has 2 aromatic rings. The van der Waals surface area contributed by atoms with Gasteiger partial charge in [0.1, 0.15) is 6.04 Å². The second kappa shape index (κ2) is 13.2. The van der Waals surface area contributed by atoms with Gasteiger partial charge in [0.25, 0.3) is 0 Å². The summed E-state index contributed by atoms with van der Waals surface area (Å²) in [6, 6.07) is 10.8. The minimum Gasteiger partial charge on any atom is -0.350 e. The van der Waals surface area contributed by atoms with E-state index in [-0.39, 0.29) is 37.7 Å². The highest BCUT2D eigenvalue weighted by Crippen LogP contribution is 2.25. The molecule has 2 amide bonds. The highest BCUT2D eigenvalue weighted by atomic mass is 35.5. The van der Waals surface area contributed by atoms with Crippen molar-refractivity contribution < 1.29 is 18.0 Å². The van der Waals surface area contributed by atoms with Gasteiger partial charge in [-0.25, -0.2) is 8.42 Å². The molecule has 204 valence electrons. The zero-order valence-corrected chi connectivity index (χ0v) is 24.8. The van der Waals surface area contributed by atoms with Crippen molar-refractivity contribution in [3.8, 4) is 0 Å². The molecular weight excluding hydrogens is 557 g/mol. The summed E-state index contributed by atoms with van der Waals surface area (Å²) in [5.74, 6) is -0.533. The molecule has 0 radical (unpaired) electrons. The van der Waals surface area contributed by atoms with E-state index in [1.165, 1.54) is 9.21 Å². The fraction of sp³-hybridized carbons (Fsp3) is 0.462. The summed E-state index contributed by atoms with van der Waals surface area (Å²) in [7, 11) is -3.59. The van der Waals surface area contributed by atoms with E-state index < -0.39 is 21.6 Å². The Balaban J connectivity index is 2.26. The first kappa shape index (κ1) is 31.2. The maximum Gasteiger partial charge on any atom is 0.243 e. The Hall–Kier alpha value is -2.00. The third-order valence-electron chi connectivity index (χ3n) is 5.49. The van der Waals surface area contributed by atoms with Crippen molar-refractivity contribution in [3.63, 3.8) is 0 Å². The van der Waals surface area contributed by atoms with Gasteiger partial charge in [-0.05, 0) is 75.6 Å². The Morgan fingerprint density at radius 2 is 1.62 bits per heavy atom. The van der Waals surface area contributed by atoms with Gasteiger partial charge in [0, 0.05) is 30.1 Å². The number of nitrogens with zero attached hydrogens (tertiary/aromatic N) is 2. The molecule has 11 heteroatoms. The molecular formula is C26H34Cl3N3O4S. The number of carbonyl (C=O) groups is 2. The summed E-state index contributed by atoms with van der Waals surface area (Å²) in [6.45, 7) is 7.71. The van der Waals surface area contributed by atoms with Crippen LogP contribution in [-0.4, -0.2) is 49.5 Å². The van der Waals surface area contributed by atoms with E-state index in [4.69, 9.17) is 34.8 Å². The number of hydrogen-bond acceptors (Lipinski definition) is 4. The number of carbonyl (C=O) groups excluding carboxylic acids is 2. The number of amides is 2.